The highest BCUT2D eigenvalue weighted by atomic mass is 19.4. The lowest BCUT2D eigenvalue weighted by atomic mass is 10.2. The minimum atomic E-state index is -4.42. The number of benzene rings is 1. The van der Waals surface area contributed by atoms with Crippen molar-refractivity contribution in [2.45, 2.75) is 39.4 Å². The number of halogens is 3. The molecule has 2 aromatic rings. The van der Waals surface area contributed by atoms with Crippen molar-refractivity contribution in [2.75, 3.05) is 0 Å². The summed E-state index contributed by atoms with van der Waals surface area (Å²) in [7, 11) is 0. The maximum atomic E-state index is 12.8. The van der Waals surface area contributed by atoms with E-state index < -0.39 is 11.7 Å². The predicted molar refractivity (Wildman–Crippen MR) is 74.7 cm³/mol. The maximum Gasteiger partial charge on any atom is 0.416 e. The van der Waals surface area contributed by atoms with Crippen LogP contribution in [0.3, 0.4) is 0 Å². The molecule has 0 aliphatic carbocycles. The van der Waals surface area contributed by atoms with Crippen LogP contribution in [-0.4, -0.2) is 9.13 Å². The maximum absolute atomic E-state index is 12.8. The first-order valence-electron chi connectivity index (χ1n) is 6.81. The van der Waals surface area contributed by atoms with Crippen molar-refractivity contribution >= 4 is 0 Å². The molecule has 0 radical (unpaired) electrons. The second-order valence-electron chi connectivity index (χ2n) is 4.98. The van der Waals surface area contributed by atoms with Crippen molar-refractivity contribution in [3.8, 4) is 5.69 Å². The molecule has 21 heavy (non-hydrogen) atoms. The highest BCUT2D eigenvalue weighted by Gasteiger charge is 2.30. The molecule has 0 saturated carbocycles. The normalized spacial score (nSPS) is 11.9. The van der Waals surface area contributed by atoms with Gasteiger partial charge in [0.05, 0.1) is 11.3 Å². The van der Waals surface area contributed by atoms with Gasteiger partial charge < -0.3 is 0 Å². The number of unbranched alkanes of at least 4 members (excludes halogenated alkanes) is 1. The fraction of sp³-hybridized carbons (Fsp3) is 0.400. The summed E-state index contributed by atoms with van der Waals surface area (Å²) in [4.78, 5) is 12.3. The third-order valence-electron chi connectivity index (χ3n) is 3.32. The van der Waals surface area contributed by atoms with Crippen LogP contribution in [0.4, 0.5) is 13.2 Å². The van der Waals surface area contributed by atoms with Gasteiger partial charge in [-0.15, -0.1) is 0 Å². The Bertz CT molecular complexity index is 683. The van der Waals surface area contributed by atoms with E-state index in [4.69, 9.17) is 0 Å². The van der Waals surface area contributed by atoms with Crippen molar-refractivity contribution in [1.29, 1.82) is 0 Å². The second-order valence-corrected chi connectivity index (χ2v) is 4.98. The topological polar surface area (TPSA) is 26.9 Å². The standard InChI is InChI=1S/C15H17F3N2O/c1-3-4-8-19-10-11(2)20(14(19)21)13-7-5-6-12(9-13)15(16,17)18/h5-7,9-10H,3-4,8H2,1-2H3. The van der Waals surface area contributed by atoms with Crippen LogP contribution in [0, 0.1) is 6.92 Å². The van der Waals surface area contributed by atoms with E-state index in [9.17, 15) is 18.0 Å². The van der Waals surface area contributed by atoms with E-state index in [2.05, 4.69) is 0 Å². The Morgan fingerprint density at radius 1 is 1.24 bits per heavy atom. The smallest absolute Gasteiger partial charge is 0.299 e. The molecule has 0 saturated heterocycles. The zero-order valence-corrected chi connectivity index (χ0v) is 11.9. The molecular formula is C15H17F3N2O. The Morgan fingerprint density at radius 3 is 2.57 bits per heavy atom. The Morgan fingerprint density at radius 2 is 1.95 bits per heavy atom. The second kappa shape index (κ2) is 5.79. The summed E-state index contributed by atoms with van der Waals surface area (Å²) < 4.78 is 41.1. The summed E-state index contributed by atoms with van der Waals surface area (Å²) in [5.74, 6) is 0. The zero-order chi connectivity index (χ0) is 15.6. The SMILES string of the molecule is CCCCn1cc(C)n(-c2cccc(C(F)(F)F)c2)c1=O. The average Bonchev–Trinajstić information content (AvgIpc) is 2.70. The summed E-state index contributed by atoms with van der Waals surface area (Å²) in [5, 5.41) is 0. The van der Waals surface area contributed by atoms with Crippen molar-refractivity contribution in [3.63, 3.8) is 0 Å². The van der Waals surface area contributed by atoms with Crippen LogP contribution >= 0.6 is 0 Å². The van der Waals surface area contributed by atoms with Gasteiger partial charge in [-0.2, -0.15) is 13.2 Å². The van der Waals surface area contributed by atoms with Crippen LogP contribution < -0.4 is 5.69 Å². The predicted octanol–water partition coefficient (Wildman–Crippen LogP) is 3.77. The lowest BCUT2D eigenvalue weighted by Crippen LogP contribution is -2.24. The Labute approximate surface area is 120 Å². The molecule has 1 heterocycles. The summed E-state index contributed by atoms with van der Waals surface area (Å²) >= 11 is 0. The fourth-order valence-electron chi connectivity index (χ4n) is 2.24. The van der Waals surface area contributed by atoms with Crippen molar-refractivity contribution < 1.29 is 13.2 Å². The molecule has 0 amide bonds. The Kier molecular flexibility index (Phi) is 4.25. The highest BCUT2D eigenvalue weighted by Crippen LogP contribution is 2.30. The average molecular weight is 298 g/mol. The molecule has 0 aliphatic heterocycles. The van der Waals surface area contributed by atoms with Gasteiger partial charge in [-0.05, 0) is 31.5 Å². The van der Waals surface area contributed by atoms with Crippen molar-refractivity contribution in [3.05, 3.63) is 52.2 Å². The number of rotatable bonds is 4. The lowest BCUT2D eigenvalue weighted by Gasteiger charge is -2.09. The minimum absolute atomic E-state index is 0.238. The van der Waals surface area contributed by atoms with Crippen molar-refractivity contribution in [2.24, 2.45) is 0 Å². The highest BCUT2D eigenvalue weighted by molar-refractivity contribution is 5.38. The van der Waals surface area contributed by atoms with E-state index in [1.807, 2.05) is 6.92 Å². The van der Waals surface area contributed by atoms with E-state index in [1.165, 1.54) is 16.7 Å². The molecule has 2 rings (SSSR count). The van der Waals surface area contributed by atoms with Crippen LogP contribution in [0.5, 0.6) is 0 Å². The molecule has 1 aromatic carbocycles. The quantitative estimate of drug-likeness (QED) is 0.844. The number of hydrogen-bond donors (Lipinski definition) is 0. The van der Waals surface area contributed by atoms with Gasteiger partial charge in [-0.25, -0.2) is 4.79 Å². The van der Waals surface area contributed by atoms with Crippen molar-refractivity contribution in [1.82, 2.24) is 9.13 Å². The molecule has 0 fully saturated rings. The van der Waals surface area contributed by atoms with E-state index in [0.717, 1.165) is 25.0 Å². The number of aryl methyl sites for hydroxylation is 2. The van der Waals surface area contributed by atoms with Gasteiger partial charge in [-0.3, -0.25) is 9.13 Å². The zero-order valence-electron chi connectivity index (χ0n) is 11.9. The molecule has 3 nitrogen and oxygen atoms in total. The van der Waals surface area contributed by atoms with E-state index in [1.54, 1.807) is 17.7 Å². The van der Waals surface area contributed by atoms with E-state index in [0.29, 0.717) is 12.2 Å². The molecule has 0 unspecified atom stereocenters. The monoisotopic (exact) mass is 298 g/mol. The molecule has 6 heteroatoms. The van der Waals surface area contributed by atoms with Crippen LogP contribution in [0.15, 0.2) is 35.3 Å². The molecular weight excluding hydrogens is 281 g/mol. The minimum Gasteiger partial charge on any atom is -0.299 e. The van der Waals surface area contributed by atoms with Gasteiger partial charge in [0.2, 0.25) is 0 Å². The van der Waals surface area contributed by atoms with Crippen LogP contribution in [0.1, 0.15) is 31.0 Å². The number of alkyl halides is 3. The first-order valence-corrected chi connectivity index (χ1v) is 6.81. The summed E-state index contributed by atoms with van der Waals surface area (Å²) in [6.07, 6.45) is -0.942. The molecule has 0 atom stereocenters. The first kappa shape index (κ1) is 15.4. The summed E-state index contributed by atoms with van der Waals surface area (Å²) in [6.45, 7) is 4.30. The lowest BCUT2D eigenvalue weighted by molar-refractivity contribution is -0.137. The number of nitrogens with zero attached hydrogens (tertiary/aromatic N) is 2. The van der Waals surface area contributed by atoms with Crippen LogP contribution in [-0.2, 0) is 12.7 Å². The van der Waals surface area contributed by atoms with Gasteiger partial charge in [0.15, 0.2) is 0 Å². The molecule has 0 aliphatic rings. The van der Waals surface area contributed by atoms with Crippen LogP contribution in [0.25, 0.3) is 5.69 Å². The van der Waals surface area contributed by atoms with Gasteiger partial charge in [0.1, 0.15) is 0 Å². The Balaban J connectivity index is 2.48. The number of imidazole rings is 1. The third-order valence-corrected chi connectivity index (χ3v) is 3.32. The largest absolute Gasteiger partial charge is 0.416 e. The van der Waals surface area contributed by atoms with Gasteiger partial charge in [0.25, 0.3) is 0 Å². The van der Waals surface area contributed by atoms with E-state index in [-0.39, 0.29) is 11.4 Å². The first-order chi connectivity index (χ1) is 9.84. The van der Waals surface area contributed by atoms with E-state index >= 15 is 0 Å². The number of aromatic nitrogens is 2. The fourth-order valence-corrected chi connectivity index (χ4v) is 2.24. The molecule has 1 aromatic heterocycles. The molecule has 114 valence electrons. The Hall–Kier alpha value is -1.98. The van der Waals surface area contributed by atoms with Gasteiger partial charge >= 0.3 is 11.9 Å². The molecule has 0 spiro atoms. The number of hydrogen-bond acceptors (Lipinski definition) is 1. The molecule has 0 N–H and O–H groups in total. The van der Waals surface area contributed by atoms with Gasteiger partial charge in [0, 0.05) is 18.4 Å². The van der Waals surface area contributed by atoms with Crippen LogP contribution in [0.2, 0.25) is 0 Å². The third kappa shape index (κ3) is 3.20. The van der Waals surface area contributed by atoms with Gasteiger partial charge in [-0.1, -0.05) is 19.4 Å². The molecule has 0 bridgehead atoms. The summed E-state index contributed by atoms with van der Waals surface area (Å²) in [6, 6.07) is 4.82. The summed E-state index contributed by atoms with van der Waals surface area (Å²) in [5.41, 5.74) is -0.203.